The van der Waals surface area contributed by atoms with Gasteiger partial charge in [0.05, 0.1) is 0 Å². The molecule has 2 N–H and O–H groups in total. The standard InChI is InChI=1S/C17H25FN2O/c1-13-8-9-14(18)12-16(13)17(21)20(11-5-10-19)15-6-3-2-4-7-15/h8-9,12,15H,2-7,10-11,19H2,1H3. The Labute approximate surface area is 126 Å². The van der Waals surface area contributed by atoms with Gasteiger partial charge in [-0.1, -0.05) is 25.3 Å². The van der Waals surface area contributed by atoms with Crippen LogP contribution in [0.3, 0.4) is 0 Å². The third kappa shape index (κ3) is 4.03. The second-order valence-corrected chi connectivity index (χ2v) is 5.89. The summed E-state index contributed by atoms with van der Waals surface area (Å²) in [4.78, 5) is 14.8. The van der Waals surface area contributed by atoms with E-state index in [1.165, 1.54) is 31.4 Å². The van der Waals surface area contributed by atoms with Gasteiger partial charge < -0.3 is 10.6 Å². The van der Waals surface area contributed by atoms with Crippen LogP contribution in [-0.2, 0) is 0 Å². The van der Waals surface area contributed by atoms with Gasteiger partial charge in [-0.2, -0.15) is 0 Å². The van der Waals surface area contributed by atoms with Crippen molar-refractivity contribution < 1.29 is 9.18 Å². The number of carbonyl (C=O) groups excluding carboxylic acids is 1. The molecular weight excluding hydrogens is 267 g/mol. The molecule has 1 fully saturated rings. The molecule has 1 amide bonds. The average molecular weight is 292 g/mol. The van der Waals surface area contributed by atoms with Crippen molar-refractivity contribution in [1.82, 2.24) is 4.90 Å². The Morgan fingerprint density at radius 1 is 1.33 bits per heavy atom. The van der Waals surface area contributed by atoms with Crippen molar-refractivity contribution in [3.63, 3.8) is 0 Å². The second-order valence-electron chi connectivity index (χ2n) is 5.89. The molecule has 0 heterocycles. The molecule has 1 aliphatic rings. The molecule has 21 heavy (non-hydrogen) atoms. The predicted octanol–water partition coefficient (Wildman–Crippen LogP) is 3.26. The van der Waals surface area contributed by atoms with Crippen molar-refractivity contribution in [2.24, 2.45) is 5.73 Å². The first-order valence-corrected chi connectivity index (χ1v) is 7.90. The normalized spacial score (nSPS) is 16.0. The molecule has 0 aromatic heterocycles. The van der Waals surface area contributed by atoms with E-state index < -0.39 is 0 Å². The highest BCUT2D eigenvalue weighted by molar-refractivity contribution is 5.95. The van der Waals surface area contributed by atoms with Crippen LogP contribution in [0.4, 0.5) is 4.39 Å². The Morgan fingerprint density at radius 3 is 2.71 bits per heavy atom. The first-order chi connectivity index (χ1) is 10.1. The fraction of sp³-hybridized carbons (Fsp3) is 0.588. The van der Waals surface area contributed by atoms with Gasteiger partial charge in [0.15, 0.2) is 0 Å². The summed E-state index contributed by atoms with van der Waals surface area (Å²) in [5.41, 5.74) is 6.91. The maximum Gasteiger partial charge on any atom is 0.254 e. The number of carbonyl (C=O) groups is 1. The average Bonchev–Trinajstić information content (AvgIpc) is 2.51. The minimum absolute atomic E-state index is 0.0487. The molecular formula is C17H25FN2O. The van der Waals surface area contributed by atoms with Crippen molar-refractivity contribution in [3.8, 4) is 0 Å². The van der Waals surface area contributed by atoms with E-state index in [0.717, 1.165) is 24.8 Å². The third-order valence-electron chi connectivity index (χ3n) is 4.31. The van der Waals surface area contributed by atoms with Crippen LogP contribution in [0.2, 0.25) is 0 Å². The number of aryl methyl sites for hydroxylation is 1. The summed E-state index contributed by atoms with van der Waals surface area (Å²) in [5.74, 6) is -0.404. The number of rotatable bonds is 5. The minimum atomic E-state index is -0.355. The van der Waals surface area contributed by atoms with Crippen LogP contribution < -0.4 is 5.73 Å². The van der Waals surface area contributed by atoms with Crippen LogP contribution in [0.15, 0.2) is 18.2 Å². The summed E-state index contributed by atoms with van der Waals surface area (Å²) in [7, 11) is 0. The molecule has 0 radical (unpaired) electrons. The van der Waals surface area contributed by atoms with Gasteiger partial charge in [0.2, 0.25) is 0 Å². The Hall–Kier alpha value is -1.42. The van der Waals surface area contributed by atoms with Gasteiger partial charge >= 0.3 is 0 Å². The quantitative estimate of drug-likeness (QED) is 0.905. The maximum absolute atomic E-state index is 13.5. The summed E-state index contributed by atoms with van der Waals surface area (Å²) in [6, 6.07) is 4.71. The van der Waals surface area contributed by atoms with Gasteiger partial charge in [0.25, 0.3) is 5.91 Å². The summed E-state index contributed by atoms with van der Waals surface area (Å²) in [6.07, 6.45) is 6.46. The van der Waals surface area contributed by atoms with Crippen LogP contribution in [-0.4, -0.2) is 29.9 Å². The molecule has 0 aliphatic heterocycles. The minimum Gasteiger partial charge on any atom is -0.336 e. The Balaban J connectivity index is 2.21. The summed E-state index contributed by atoms with van der Waals surface area (Å²) < 4.78 is 13.5. The number of amides is 1. The van der Waals surface area contributed by atoms with Gasteiger partial charge in [-0.3, -0.25) is 4.79 Å². The predicted molar refractivity (Wildman–Crippen MR) is 82.7 cm³/mol. The number of nitrogens with zero attached hydrogens (tertiary/aromatic N) is 1. The zero-order valence-corrected chi connectivity index (χ0v) is 12.8. The molecule has 0 atom stereocenters. The molecule has 116 valence electrons. The van der Waals surface area contributed by atoms with Gasteiger partial charge in [-0.25, -0.2) is 4.39 Å². The van der Waals surface area contributed by atoms with Crippen LogP contribution >= 0.6 is 0 Å². The smallest absolute Gasteiger partial charge is 0.254 e. The number of hydrogen-bond donors (Lipinski definition) is 1. The third-order valence-corrected chi connectivity index (χ3v) is 4.31. The lowest BCUT2D eigenvalue weighted by atomic mass is 9.93. The molecule has 1 aromatic carbocycles. The van der Waals surface area contributed by atoms with Crippen molar-refractivity contribution in [3.05, 3.63) is 35.1 Å². The van der Waals surface area contributed by atoms with E-state index in [-0.39, 0.29) is 17.8 Å². The number of nitrogens with two attached hydrogens (primary N) is 1. The SMILES string of the molecule is Cc1ccc(F)cc1C(=O)N(CCCN)C1CCCCC1. The summed E-state index contributed by atoms with van der Waals surface area (Å²) in [6.45, 7) is 3.09. The molecule has 3 nitrogen and oxygen atoms in total. The fourth-order valence-electron chi connectivity index (χ4n) is 3.08. The molecule has 0 saturated heterocycles. The van der Waals surface area contributed by atoms with Crippen molar-refractivity contribution in [2.75, 3.05) is 13.1 Å². The largest absolute Gasteiger partial charge is 0.336 e. The zero-order valence-electron chi connectivity index (χ0n) is 12.8. The molecule has 1 aliphatic carbocycles. The molecule has 0 unspecified atom stereocenters. The lowest BCUT2D eigenvalue weighted by Crippen LogP contribution is -2.42. The van der Waals surface area contributed by atoms with Gasteiger partial charge in [0, 0.05) is 18.2 Å². The van der Waals surface area contributed by atoms with Crippen molar-refractivity contribution >= 4 is 5.91 Å². The van der Waals surface area contributed by atoms with E-state index in [1.807, 2.05) is 11.8 Å². The van der Waals surface area contributed by atoms with Crippen molar-refractivity contribution in [2.45, 2.75) is 51.5 Å². The van der Waals surface area contributed by atoms with Crippen LogP contribution in [0.1, 0.15) is 54.4 Å². The Morgan fingerprint density at radius 2 is 2.05 bits per heavy atom. The van der Waals surface area contributed by atoms with Crippen LogP contribution in [0.25, 0.3) is 0 Å². The van der Waals surface area contributed by atoms with E-state index in [0.29, 0.717) is 18.7 Å². The van der Waals surface area contributed by atoms with Gasteiger partial charge in [-0.15, -0.1) is 0 Å². The number of halogens is 1. The molecule has 0 bridgehead atoms. The number of benzene rings is 1. The molecule has 0 spiro atoms. The van der Waals surface area contributed by atoms with Crippen molar-refractivity contribution in [1.29, 1.82) is 0 Å². The Kier molecular flexibility index (Phi) is 5.74. The highest BCUT2D eigenvalue weighted by Crippen LogP contribution is 2.25. The molecule has 2 rings (SSSR count). The first kappa shape index (κ1) is 16.0. The van der Waals surface area contributed by atoms with Gasteiger partial charge in [-0.05, 0) is 50.4 Å². The van der Waals surface area contributed by atoms with E-state index in [1.54, 1.807) is 6.07 Å². The zero-order chi connectivity index (χ0) is 15.2. The summed E-state index contributed by atoms with van der Waals surface area (Å²) >= 11 is 0. The molecule has 1 saturated carbocycles. The van der Waals surface area contributed by atoms with Crippen LogP contribution in [0, 0.1) is 12.7 Å². The monoisotopic (exact) mass is 292 g/mol. The lowest BCUT2D eigenvalue weighted by molar-refractivity contribution is 0.0631. The first-order valence-electron chi connectivity index (χ1n) is 7.90. The maximum atomic E-state index is 13.5. The second kappa shape index (κ2) is 7.55. The molecule has 4 heteroatoms. The topological polar surface area (TPSA) is 46.3 Å². The highest BCUT2D eigenvalue weighted by Gasteiger charge is 2.26. The summed E-state index contributed by atoms with van der Waals surface area (Å²) in [5, 5.41) is 0. The highest BCUT2D eigenvalue weighted by atomic mass is 19.1. The lowest BCUT2D eigenvalue weighted by Gasteiger charge is -2.35. The van der Waals surface area contributed by atoms with Gasteiger partial charge in [0.1, 0.15) is 5.82 Å². The fourth-order valence-corrected chi connectivity index (χ4v) is 3.08. The van der Waals surface area contributed by atoms with E-state index >= 15 is 0 Å². The number of hydrogen-bond acceptors (Lipinski definition) is 2. The Bertz CT molecular complexity index is 484. The van der Waals surface area contributed by atoms with E-state index in [4.69, 9.17) is 5.73 Å². The van der Waals surface area contributed by atoms with Crippen LogP contribution in [0.5, 0.6) is 0 Å². The van der Waals surface area contributed by atoms with E-state index in [9.17, 15) is 9.18 Å². The van der Waals surface area contributed by atoms with E-state index in [2.05, 4.69) is 0 Å². The molecule has 1 aromatic rings.